The van der Waals surface area contributed by atoms with Crippen LogP contribution in [0, 0.1) is 6.92 Å². The van der Waals surface area contributed by atoms with Gasteiger partial charge in [-0.25, -0.2) is 0 Å². The number of fused-ring (bicyclic) bond motifs is 1. The average Bonchev–Trinajstić information content (AvgIpc) is 3.04. The van der Waals surface area contributed by atoms with E-state index in [1.54, 1.807) is 24.1 Å². The zero-order chi connectivity index (χ0) is 22.7. The Bertz CT molecular complexity index is 1170. The minimum atomic E-state index is -0.381. The molecule has 4 rings (SSSR count). The van der Waals surface area contributed by atoms with Crippen molar-refractivity contribution >= 4 is 17.7 Å². The second-order valence-corrected chi connectivity index (χ2v) is 7.78. The monoisotopic (exact) mass is 428 g/mol. The van der Waals surface area contributed by atoms with Crippen LogP contribution in [0.1, 0.15) is 42.2 Å². The SMILES string of the molecule is Cc1ccccc1OCCN(C)C(=O)c1ccc2c(c1)C(=O)N(Cc1ccccc1)C2=O. The van der Waals surface area contributed by atoms with E-state index in [1.165, 1.54) is 11.0 Å². The van der Waals surface area contributed by atoms with Gasteiger partial charge in [0.1, 0.15) is 12.4 Å². The molecule has 3 amide bonds. The molecule has 0 N–H and O–H groups in total. The molecule has 1 heterocycles. The Kier molecular flexibility index (Phi) is 6.03. The first kappa shape index (κ1) is 21.3. The molecule has 0 atom stereocenters. The van der Waals surface area contributed by atoms with E-state index >= 15 is 0 Å². The van der Waals surface area contributed by atoms with Crippen molar-refractivity contribution in [3.05, 3.63) is 101 Å². The van der Waals surface area contributed by atoms with Gasteiger partial charge in [0.05, 0.1) is 24.2 Å². The molecular weight excluding hydrogens is 404 g/mol. The molecule has 162 valence electrons. The third-order valence-electron chi connectivity index (χ3n) is 5.53. The number of aryl methyl sites for hydroxylation is 1. The average molecular weight is 428 g/mol. The second-order valence-electron chi connectivity index (χ2n) is 7.78. The number of carbonyl (C=O) groups is 3. The molecule has 0 saturated carbocycles. The number of likely N-dealkylation sites (N-methyl/N-ethyl adjacent to an activating group) is 1. The molecule has 0 spiro atoms. The molecule has 6 heteroatoms. The molecule has 3 aromatic rings. The van der Waals surface area contributed by atoms with Crippen LogP contribution >= 0.6 is 0 Å². The molecule has 3 aromatic carbocycles. The number of amides is 3. The van der Waals surface area contributed by atoms with Gasteiger partial charge >= 0.3 is 0 Å². The molecule has 0 unspecified atom stereocenters. The summed E-state index contributed by atoms with van der Waals surface area (Å²) in [5.74, 6) is -0.168. The van der Waals surface area contributed by atoms with E-state index in [4.69, 9.17) is 4.74 Å². The topological polar surface area (TPSA) is 66.9 Å². The van der Waals surface area contributed by atoms with Gasteiger partial charge in [-0.15, -0.1) is 0 Å². The number of rotatable bonds is 7. The summed E-state index contributed by atoms with van der Waals surface area (Å²) in [5.41, 5.74) is 2.86. The number of hydrogen-bond donors (Lipinski definition) is 0. The first-order valence-electron chi connectivity index (χ1n) is 10.4. The summed E-state index contributed by atoms with van der Waals surface area (Å²) in [6.45, 7) is 2.90. The van der Waals surface area contributed by atoms with Crippen molar-refractivity contribution in [3.8, 4) is 5.75 Å². The van der Waals surface area contributed by atoms with Crippen molar-refractivity contribution in [1.82, 2.24) is 9.80 Å². The van der Waals surface area contributed by atoms with E-state index in [-0.39, 0.29) is 29.8 Å². The summed E-state index contributed by atoms with van der Waals surface area (Å²) in [5, 5.41) is 0. The van der Waals surface area contributed by atoms with Gasteiger partial charge in [-0.05, 0) is 42.3 Å². The van der Waals surface area contributed by atoms with Gasteiger partial charge in [0, 0.05) is 12.6 Å². The van der Waals surface area contributed by atoms with E-state index in [0.29, 0.717) is 24.3 Å². The number of imide groups is 1. The fourth-order valence-electron chi connectivity index (χ4n) is 3.67. The Balaban J connectivity index is 1.43. The Hall–Kier alpha value is -3.93. The predicted octanol–water partition coefficient (Wildman–Crippen LogP) is 3.94. The lowest BCUT2D eigenvalue weighted by atomic mass is 10.0. The molecule has 6 nitrogen and oxygen atoms in total. The van der Waals surface area contributed by atoms with Crippen LogP contribution in [0.3, 0.4) is 0 Å². The third-order valence-corrected chi connectivity index (χ3v) is 5.53. The molecule has 1 aliphatic rings. The first-order chi connectivity index (χ1) is 15.5. The lowest BCUT2D eigenvalue weighted by Crippen LogP contribution is -2.31. The van der Waals surface area contributed by atoms with Crippen LogP contribution in [-0.4, -0.2) is 47.7 Å². The zero-order valence-electron chi connectivity index (χ0n) is 18.1. The summed E-state index contributed by atoms with van der Waals surface area (Å²) in [7, 11) is 1.69. The number of carbonyl (C=O) groups excluding carboxylic acids is 3. The number of benzene rings is 3. The maximum atomic E-state index is 12.9. The van der Waals surface area contributed by atoms with Crippen molar-refractivity contribution in [2.45, 2.75) is 13.5 Å². The van der Waals surface area contributed by atoms with Gasteiger partial charge in [0.2, 0.25) is 0 Å². The number of para-hydroxylation sites is 1. The summed E-state index contributed by atoms with van der Waals surface area (Å²) in [4.78, 5) is 41.2. The lowest BCUT2D eigenvalue weighted by Gasteiger charge is -2.18. The van der Waals surface area contributed by atoms with Gasteiger partial charge < -0.3 is 9.64 Å². The maximum Gasteiger partial charge on any atom is 0.261 e. The van der Waals surface area contributed by atoms with Crippen LogP contribution in [0.2, 0.25) is 0 Å². The van der Waals surface area contributed by atoms with Crippen LogP contribution in [-0.2, 0) is 6.54 Å². The Morgan fingerprint density at radius 3 is 2.34 bits per heavy atom. The smallest absolute Gasteiger partial charge is 0.261 e. The molecule has 32 heavy (non-hydrogen) atoms. The standard InChI is InChI=1S/C26H24N2O4/c1-18-8-6-7-11-23(18)32-15-14-27(2)24(29)20-12-13-21-22(16-20)26(31)28(25(21)30)17-19-9-4-3-5-10-19/h3-13,16H,14-15,17H2,1-2H3. The minimum absolute atomic E-state index is 0.201. The zero-order valence-corrected chi connectivity index (χ0v) is 18.1. The predicted molar refractivity (Wildman–Crippen MR) is 121 cm³/mol. The molecule has 0 radical (unpaired) electrons. The third kappa shape index (κ3) is 4.25. The van der Waals surface area contributed by atoms with E-state index in [9.17, 15) is 14.4 Å². The first-order valence-corrected chi connectivity index (χ1v) is 10.4. The van der Waals surface area contributed by atoms with Crippen LogP contribution in [0.5, 0.6) is 5.75 Å². The highest BCUT2D eigenvalue weighted by Crippen LogP contribution is 2.26. The van der Waals surface area contributed by atoms with Crippen LogP contribution in [0.25, 0.3) is 0 Å². The molecule has 0 saturated heterocycles. The summed E-state index contributed by atoms with van der Waals surface area (Å²) in [6, 6.07) is 21.7. The summed E-state index contributed by atoms with van der Waals surface area (Å²) < 4.78 is 5.77. The van der Waals surface area contributed by atoms with Crippen molar-refractivity contribution in [1.29, 1.82) is 0 Å². The van der Waals surface area contributed by atoms with E-state index in [2.05, 4.69) is 0 Å². The largest absolute Gasteiger partial charge is 0.491 e. The molecular formula is C26H24N2O4. The van der Waals surface area contributed by atoms with Crippen LogP contribution in [0.4, 0.5) is 0 Å². The van der Waals surface area contributed by atoms with Gasteiger partial charge in [0.15, 0.2) is 0 Å². The van der Waals surface area contributed by atoms with E-state index in [1.807, 2.05) is 61.5 Å². The highest BCUT2D eigenvalue weighted by atomic mass is 16.5. The maximum absolute atomic E-state index is 12.9. The Labute approximate surface area is 187 Å². The highest BCUT2D eigenvalue weighted by Gasteiger charge is 2.36. The van der Waals surface area contributed by atoms with Gasteiger partial charge in [-0.1, -0.05) is 48.5 Å². The van der Waals surface area contributed by atoms with Gasteiger partial charge in [-0.2, -0.15) is 0 Å². The fourth-order valence-corrected chi connectivity index (χ4v) is 3.67. The fraction of sp³-hybridized carbons (Fsp3) is 0.192. The Morgan fingerprint density at radius 1 is 0.906 bits per heavy atom. The van der Waals surface area contributed by atoms with Crippen molar-refractivity contribution in [3.63, 3.8) is 0 Å². The number of hydrogen-bond acceptors (Lipinski definition) is 4. The molecule has 1 aliphatic heterocycles. The number of nitrogens with zero attached hydrogens (tertiary/aromatic N) is 2. The van der Waals surface area contributed by atoms with Crippen LogP contribution in [0.15, 0.2) is 72.8 Å². The number of ether oxygens (including phenoxy) is 1. The quantitative estimate of drug-likeness (QED) is 0.535. The van der Waals surface area contributed by atoms with Crippen molar-refractivity contribution in [2.75, 3.05) is 20.2 Å². The molecule has 0 bridgehead atoms. The van der Waals surface area contributed by atoms with Crippen molar-refractivity contribution in [2.24, 2.45) is 0 Å². The second kappa shape index (κ2) is 9.06. The summed E-state index contributed by atoms with van der Waals surface area (Å²) in [6.07, 6.45) is 0. The normalized spacial score (nSPS) is 12.6. The molecule has 0 aliphatic carbocycles. The summed E-state index contributed by atoms with van der Waals surface area (Å²) >= 11 is 0. The van der Waals surface area contributed by atoms with Crippen molar-refractivity contribution < 1.29 is 19.1 Å². The van der Waals surface area contributed by atoms with E-state index in [0.717, 1.165) is 16.9 Å². The van der Waals surface area contributed by atoms with E-state index < -0.39 is 0 Å². The lowest BCUT2D eigenvalue weighted by molar-refractivity contribution is 0.0642. The van der Waals surface area contributed by atoms with Crippen LogP contribution < -0.4 is 4.74 Å². The molecule has 0 aromatic heterocycles. The Morgan fingerprint density at radius 2 is 1.59 bits per heavy atom. The minimum Gasteiger partial charge on any atom is -0.491 e. The van der Waals surface area contributed by atoms with Gasteiger partial charge in [-0.3, -0.25) is 19.3 Å². The van der Waals surface area contributed by atoms with Gasteiger partial charge in [0.25, 0.3) is 17.7 Å². The highest BCUT2D eigenvalue weighted by molar-refractivity contribution is 6.22. The molecule has 0 fully saturated rings.